The first-order valence-electron chi connectivity index (χ1n) is 10.4. The fourth-order valence-corrected chi connectivity index (χ4v) is 2.62. The van der Waals surface area contributed by atoms with Gasteiger partial charge in [-0.3, -0.25) is 24.5 Å². The second kappa shape index (κ2) is 12.9. The summed E-state index contributed by atoms with van der Waals surface area (Å²) in [5, 5.41) is 15.5. The number of hydrogen-bond donors (Lipinski definition) is 3. The first-order chi connectivity index (χ1) is 15.8. The van der Waals surface area contributed by atoms with Gasteiger partial charge in [-0.25, -0.2) is 4.79 Å². The molecule has 12 nitrogen and oxygen atoms in total. The summed E-state index contributed by atoms with van der Waals surface area (Å²) in [5.74, 6) is -2.23. The lowest BCUT2D eigenvalue weighted by Crippen LogP contribution is -2.53. The van der Waals surface area contributed by atoms with Crippen molar-refractivity contribution < 1.29 is 33.6 Å². The number of hydrogen-bond acceptors (Lipinski definition) is 8. The summed E-state index contributed by atoms with van der Waals surface area (Å²) < 4.78 is 10.2. The van der Waals surface area contributed by atoms with Crippen LogP contribution in [0.2, 0.25) is 0 Å². The molecule has 186 valence electrons. The zero-order valence-electron chi connectivity index (χ0n) is 19.4. The van der Waals surface area contributed by atoms with Crippen molar-refractivity contribution >= 4 is 29.6 Å². The minimum atomic E-state index is -1.19. The third kappa shape index (κ3) is 10.6. The summed E-state index contributed by atoms with van der Waals surface area (Å²) in [7, 11) is 0. The molecular weight excluding hydrogens is 448 g/mol. The van der Waals surface area contributed by atoms with Crippen LogP contribution in [0.4, 0.5) is 10.5 Å². The quantitative estimate of drug-likeness (QED) is 0.176. The molecule has 0 saturated heterocycles. The number of ether oxygens (including phenoxy) is 2. The Morgan fingerprint density at radius 2 is 1.76 bits per heavy atom. The van der Waals surface area contributed by atoms with Gasteiger partial charge in [0.05, 0.1) is 4.92 Å². The average Bonchev–Trinajstić information content (AvgIpc) is 2.73. The minimum Gasteiger partial charge on any atom is -0.461 e. The molecule has 2 unspecified atom stereocenters. The number of primary amides is 1. The van der Waals surface area contributed by atoms with Crippen molar-refractivity contribution in [3.63, 3.8) is 0 Å². The Balaban J connectivity index is 2.62. The molecule has 3 amide bonds. The topological polar surface area (TPSA) is 180 Å². The molecule has 2 atom stereocenters. The number of alkyl carbamates (subject to hydrolysis) is 1. The first-order valence-corrected chi connectivity index (χ1v) is 10.4. The van der Waals surface area contributed by atoms with Crippen molar-refractivity contribution in [2.45, 2.75) is 64.3 Å². The summed E-state index contributed by atoms with van der Waals surface area (Å²) in [6.07, 6.45) is 0.296. The fourth-order valence-electron chi connectivity index (χ4n) is 2.62. The molecule has 0 aliphatic heterocycles. The average molecular weight is 479 g/mol. The maximum atomic E-state index is 12.6. The maximum Gasteiger partial charge on any atom is 0.408 e. The lowest BCUT2D eigenvalue weighted by Gasteiger charge is -2.24. The zero-order chi connectivity index (χ0) is 25.9. The van der Waals surface area contributed by atoms with Crippen LogP contribution in [-0.2, 0) is 30.5 Å². The second-order valence-corrected chi connectivity index (χ2v) is 8.31. The molecule has 0 heterocycles. The van der Waals surface area contributed by atoms with Crippen molar-refractivity contribution in [2.75, 3.05) is 0 Å². The molecule has 34 heavy (non-hydrogen) atoms. The van der Waals surface area contributed by atoms with E-state index >= 15 is 0 Å². The number of nitrogens with two attached hydrogens (primary N) is 1. The fraction of sp³-hybridized carbons (Fsp3) is 0.455. The molecule has 1 aromatic rings. The summed E-state index contributed by atoms with van der Waals surface area (Å²) in [4.78, 5) is 58.5. The molecule has 0 aliphatic carbocycles. The highest BCUT2D eigenvalue weighted by atomic mass is 16.6. The van der Waals surface area contributed by atoms with Crippen molar-refractivity contribution in [3.05, 3.63) is 52.6 Å². The van der Waals surface area contributed by atoms with E-state index in [0.29, 0.717) is 5.56 Å². The molecule has 0 aromatic heterocycles. The molecule has 0 fully saturated rings. The number of nitrogens with one attached hydrogen (secondary N) is 2. The van der Waals surface area contributed by atoms with Crippen LogP contribution in [0.1, 0.15) is 45.6 Å². The van der Waals surface area contributed by atoms with E-state index in [1.807, 2.05) is 0 Å². The molecule has 0 radical (unpaired) electrons. The number of rotatable bonds is 12. The first kappa shape index (κ1) is 28.1. The molecule has 1 aromatic carbocycles. The van der Waals surface area contributed by atoms with E-state index in [2.05, 4.69) is 17.2 Å². The van der Waals surface area contributed by atoms with Crippen LogP contribution in [-0.4, -0.2) is 46.5 Å². The van der Waals surface area contributed by atoms with Gasteiger partial charge in [0.1, 0.15) is 24.3 Å². The zero-order valence-corrected chi connectivity index (χ0v) is 19.4. The highest BCUT2D eigenvalue weighted by Gasteiger charge is 2.27. The van der Waals surface area contributed by atoms with Crippen LogP contribution >= 0.6 is 0 Å². The number of carbonyl (C=O) groups is 4. The Morgan fingerprint density at radius 1 is 1.15 bits per heavy atom. The number of amides is 3. The van der Waals surface area contributed by atoms with Crippen LogP contribution < -0.4 is 16.4 Å². The lowest BCUT2D eigenvalue weighted by molar-refractivity contribution is -0.384. The molecule has 0 aliphatic rings. The minimum absolute atomic E-state index is 0.0633. The summed E-state index contributed by atoms with van der Waals surface area (Å²) in [6, 6.07) is 3.22. The van der Waals surface area contributed by atoms with E-state index < -0.39 is 46.5 Å². The SMILES string of the molecule is C=CCC(NC(=O)OC(C)(C)C)C(=O)NC(CCC(=O)OCc1ccc([N+](=O)[O-])cc1)C(N)=O. The largest absolute Gasteiger partial charge is 0.461 e. The number of nitrogens with zero attached hydrogens (tertiary/aromatic N) is 1. The van der Waals surface area contributed by atoms with E-state index in [0.717, 1.165) is 0 Å². The summed E-state index contributed by atoms with van der Waals surface area (Å²) >= 11 is 0. The number of benzene rings is 1. The monoisotopic (exact) mass is 478 g/mol. The normalized spacial score (nSPS) is 12.6. The van der Waals surface area contributed by atoms with Gasteiger partial charge in [-0.15, -0.1) is 6.58 Å². The molecule has 12 heteroatoms. The number of esters is 1. The van der Waals surface area contributed by atoms with E-state index in [4.69, 9.17) is 15.2 Å². The van der Waals surface area contributed by atoms with Crippen LogP contribution in [0.25, 0.3) is 0 Å². The van der Waals surface area contributed by atoms with Gasteiger partial charge >= 0.3 is 12.1 Å². The predicted molar refractivity (Wildman–Crippen MR) is 121 cm³/mol. The summed E-state index contributed by atoms with van der Waals surface area (Å²) in [5.41, 5.74) is 5.02. The molecule has 1 rings (SSSR count). The lowest BCUT2D eigenvalue weighted by atomic mass is 10.1. The third-order valence-electron chi connectivity index (χ3n) is 4.25. The highest BCUT2D eigenvalue weighted by molar-refractivity contribution is 5.91. The van der Waals surface area contributed by atoms with Crippen LogP contribution in [0.5, 0.6) is 0 Å². The Hall–Kier alpha value is -3.96. The smallest absolute Gasteiger partial charge is 0.408 e. The van der Waals surface area contributed by atoms with Crippen molar-refractivity contribution in [3.8, 4) is 0 Å². The number of nitro groups is 1. The van der Waals surface area contributed by atoms with Crippen molar-refractivity contribution in [1.82, 2.24) is 10.6 Å². The van der Waals surface area contributed by atoms with Gasteiger partial charge in [0.25, 0.3) is 5.69 Å². The van der Waals surface area contributed by atoms with E-state index in [1.165, 1.54) is 30.3 Å². The van der Waals surface area contributed by atoms with Gasteiger partial charge in [-0.2, -0.15) is 0 Å². The van der Waals surface area contributed by atoms with Gasteiger partial charge in [-0.05, 0) is 51.3 Å². The summed E-state index contributed by atoms with van der Waals surface area (Å²) in [6.45, 7) is 8.42. The van der Waals surface area contributed by atoms with Crippen LogP contribution in [0, 0.1) is 10.1 Å². The number of carbonyl (C=O) groups excluding carboxylic acids is 4. The predicted octanol–water partition coefficient (Wildman–Crippen LogP) is 1.86. The highest BCUT2D eigenvalue weighted by Crippen LogP contribution is 2.13. The third-order valence-corrected chi connectivity index (χ3v) is 4.25. The number of nitro benzene ring substituents is 1. The van der Waals surface area contributed by atoms with Gasteiger partial charge in [0.15, 0.2) is 0 Å². The van der Waals surface area contributed by atoms with E-state index in [-0.39, 0.29) is 31.6 Å². The number of non-ortho nitro benzene ring substituents is 1. The van der Waals surface area contributed by atoms with Crippen LogP contribution in [0.15, 0.2) is 36.9 Å². The van der Waals surface area contributed by atoms with E-state index in [9.17, 15) is 29.3 Å². The van der Waals surface area contributed by atoms with Gasteiger partial charge in [-0.1, -0.05) is 6.08 Å². The molecule has 0 bridgehead atoms. The van der Waals surface area contributed by atoms with Gasteiger partial charge in [0.2, 0.25) is 11.8 Å². The Kier molecular flexibility index (Phi) is 10.7. The van der Waals surface area contributed by atoms with E-state index in [1.54, 1.807) is 20.8 Å². The van der Waals surface area contributed by atoms with Gasteiger partial charge < -0.3 is 25.8 Å². The molecule has 0 saturated carbocycles. The standard InChI is InChI=1S/C22H30N4O8/c1-5-6-17(25-21(30)34-22(2,3)4)20(29)24-16(19(23)28)11-12-18(27)33-13-14-7-9-15(10-8-14)26(31)32/h5,7-10,16-17H,1,6,11-13H2,2-4H3,(H2,23,28)(H,24,29)(H,25,30). The van der Waals surface area contributed by atoms with Crippen LogP contribution in [0.3, 0.4) is 0 Å². The molecule has 4 N–H and O–H groups in total. The van der Waals surface area contributed by atoms with Crippen molar-refractivity contribution in [2.24, 2.45) is 5.73 Å². The van der Waals surface area contributed by atoms with Crippen molar-refractivity contribution in [1.29, 1.82) is 0 Å². The Labute approximate surface area is 197 Å². The maximum absolute atomic E-state index is 12.6. The molecule has 0 spiro atoms. The Morgan fingerprint density at radius 3 is 2.26 bits per heavy atom. The Bertz CT molecular complexity index is 908. The van der Waals surface area contributed by atoms with Gasteiger partial charge in [0, 0.05) is 18.6 Å². The molecular formula is C22H30N4O8. The second-order valence-electron chi connectivity index (χ2n) is 8.31.